The van der Waals surface area contributed by atoms with E-state index < -0.39 is 0 Å². The van der Waals surface area contributed by atoms with Gasteiger partial charge in [-0.05, 0) is 62.1 Å². The number of nitrogens with one attached hydrogen (secondary N) is 2. The van der Waals surface area contributed by atoms with Gasteiger partial charge in [0.2, 0.25) is 5.91 Å². The van der Waals surface area contributed by atoms with Crippen LogP contribution in [0.5, 0.6) is 0 Å². The Morgan fingerprint density at radius 1 is 1.17 bits per heavy atom. The lowest BCUT2D eigenvalue weighted by molar-refractivity contribution is -0.118. The van der Waals surface area contributed by atoms with Crippen LogP contribution in [0.1, 0.15) is 69.4 Å². The van der Waals surface area contributed by atoms with Gasteiger partial charge in [0, 0.05) is 53.2 Å². The summed E-state index contributed by atoms with van der Waals surface area (Å²) in [6, 6.07) is 13.9. The maximum absolute atomic E-state index is 11.9. The van der Waals surface area contributed by atoms with E-state index in [1.54, 1.807) is 12.1 Å². The normalized spacial score (nSPS) is 19.7. The molecule has 4 rings (SSSR count). The summed E-state index contributed by atoms with van der Waals surface area (Å²) in [5.74, 6) is 0.320. The van der Waals surface area contributed by atoms with Crippen molar-refractivity contribution in [2.24, 2.45) is 10.7 Å². The molecule has 2 aromatic rings. The molecule has 0 aromatic heterocycles. The number of anilines is 1. The molecule has 0 spiro atoms. The SMILES string of the molecule is CC1(C)CN(C(=NC2CCCCC2)Nc2ccc(C(CC(N)=O)c3ccc(Cl)cc3Cl)cc2)CCN1. The zero-order valence-electron chi connectivity index (χ0n) is 21.2. The molecule has 8 heteroatoms. The van der Waals surface area contributed by atoms with Crippen LogP contribution in [-0.4, -0.2) is 48.0 Å². The van der Waals surface area contributed by atoms with Crippen molar-refractivity contribution in [1.29, 1.82) is 0 Å². The van der Waals surface area contributed by atoms with Gasteiger partial charge in [0.25, 0.3) is 0 Å². The Labute approximate surface area is 224 Å². The predicted molar refractivity (Wildman–Crippen MR) is 150 cm³/mol. The van der Waals surface area contributed by atoms with Gasteiger partial charge < -0.3 is 21.3 Å². The molecular weight excluding hydrogens is 493 g/mol. The first-order valence-electron chi connectivity index (χ1n) is 12.9. The molecule has 1 aliphatic heterocycles. The lowest BCUT2D eigenvalue weighted by Gasteiger charge is -2.41. The molecule has 1 saturated carbocycles. The molecule has 1 atom stereocenters. The van der Waals surface area contributed by atoms with Crippen LogP contribution in [0.15, 0.2) is 47.5 Å². The highest BCUT2D eigenvalue weighted by molar-refractivity contribution is 6.35. The number of hydrogen-bond acceptors (Lipinski definition) is 3. The van der Waals surface area contributed by atoms with Gasteiger partial charge in [-0.3, -0.25) is 4.79 Å². The third kappa shape index (κ3) is 7.15. The van der Waals surface area contributed by atoms with Gasteiger partial charge in [0.05, 0.1) is 6.04 Å². The second kappa shape index (κ2) is 11.8. The monoisotopic (exact) mass is 529 g/mol. The van der Waals surface area contributed by atoms with E-state index >= 15 is 0 Å². The van der Waals surface area contributed by atoms with Crippen molar-refractivity contribution >= 4 is 40.8 Å². The van der Waals surface area contributed by atoms with Crippen molar-refractivity contribution in [1.82, 2.24) is 10.2 Å². The van der Waals surface area contributed by atoms with Crippen LogP contribution in [0.3, 0.4) is 0 Å². The molecule has 0 radical (unpaired) electrons. The zero-order valence-corrected chi connectivity index (χ0v) is 22.7. The Bertz CT molecular complexity index is 1080. The maximum atomic E-state index is 11.9. The number of nitrogens with zero attached hydrogens (tertiary/aromatic N) is 2. The molecule has 1 aliphatic carbocycles. The minimum atomic E-state index is -0.378. The highest BCUT2D eigenvalue weighted by atomic mass is 35.5. The number of aliphatic imine (C=N–C) groups is 1. The molecule has 2 aliphatic rings. The van der Waals surface area contributed by atoms with Gasteiger partial charge in [-0.15, -0.1) is 0 Å². The van der Waals surface area contributed by atoms with Crippen molar-refractivity contribution in [3.05, 3.63) is 63.6 Å². The van der Waals surface area contributed by atoms with Gasteiger partial charge >= 0.3 is 0 Å². The van der Waals surface area contributed by atoms with E-state index in [0.29, 0.717) is 16.1 Å². The summed E-state index contributed by atoms with van der Waals surface area (Å²) >= 11 is 12.6. The molecular formula is C28H37Cl2N5O. The Morgan fingerprint density at radius 3 is 2.53 bits per heavy atom. The Hall–Kier alpha value is -2.28. The predicted octanol–water partition coefficient (Wildman–Crippen LogP) is 5.79. The largest absolute Gasteiger partial charge is 0.370 e. The first-order chi connectivity index (χ1) is 17.2. The van der Waals surface area contributed by atoms with Crippen molar-refractivity contribution in [3.63, 3.8) is 0 Å². The quantitative estimate of drug-likeness (QED) is 0.326. The standard InChI is InChI=1S/C28H37Cl2N5O/c1-28(2)18-35(15-14-32-28)27(33-21-6-4-3-5-7-21)34-22-11-8-19(9-12-22)24(17-26(31)36)23-13-10-20(29)16-25(23)30/h8-13,16,21,24,32H,3-7,14-15,17-18H2,1-2H3,(H2,31,36)(H,33,34). The summed E-state index contributed by atoms with van der Waals surface area (Å²) in [4.78, 5) is 19.4. The van der Waals surface area contributed by atoms with Crippen molar-refractivity contribution in [2.75, 3.05) is 25.0 Å². The Balaban J connectivity index is 1.58. The van der Waals surface area contributed by atoms with Crippen LogP contribution in [0.25, 0.3) is 0 Å². The first kappa shape index (κ1) is 26.8. The lowest BCUT2D eigenvalue weighted by atomic mass is 9.88. The molecule has 1 amide bonds. The zero-order chi connectivity index (χ0) is 25.7. The van der Waals surface area contributed by atoms with Gasteiger partial charge in [-0.2, -0.15) is 0 Å². The summed E-state index contributed by atoms with van der Waals surface area (Å²) < 4.78 is 0. The van der Waals surface area contributed by atoms with Gasteiger partial charge in [-0.1, -0.05) is 60.7 Å². The number of piperazine rings is 1. The molecule has 2 aromatic carbocycles. The first-order valence-corrected chi connectivity index (χ1v) is 13.6. The van der Waals surface area contributed by atoms with Crippen LogP contribution in [-0.2, 0) is 4.79 Å². The molecule has 1 saturated heterocycles. The number of nitrogens with two attached hydrogens (primary N) is 1. The Kier molecular flexibility index (Phi) is 8.81. The van der Waals surface area contributed by atoms with E-state index in [1.807, 2.05) is 30.3 Å². The van der Waals surface area contributed by atoms with Crippen molar-refractivity contribution in [2.45, 2.75) is 69.9 Å². The maximum Gasteiger partial charge on any atom is 0.218 e. The highest BCUT2D eigenvalue weighted by Crippen LogP contribution is 2.35. The number of carbonyl (C=O) groups is 1. The van der Waals surface area contributed by atoms with Gasteiger partial charge in [-0.25, -0.2) is 4.99 Å². The topological polar surface area (TPSA) is 82.8 Å². The van der Waals surface area contributed by atoms with E-state index in [2.05, 4.69) is 29.4 Å². The number of halogens is 2. The summed E-state index contributed by atoms with van der Waals surface area (Å²) in [5.41, 5.74) is 8.38. The molecule has 2 fully saturated rings. The second-order valence-corrected chi connectivity index (χ2v) is 11.5. The third-order valence-corrected chi connectivity index (χ3v) is 7.63. The van der Waals surface area contributed by atoms with Crippen molar-refractivity contribution in [3.8, 4) is 0 Å². The number of rotatable bonds is 6. The number of guanidine groups is 1. The fourth-order valence-corrected chi connectivity index (χ4v) is 5.76. The highest BCUT2D eigenvalue weighted by Gasteiger charge is 2.28. The number of amides is 1. The molecule has 0 bridgehead atoms. The van der Waals surface area contributed by atoms with Crippen LogP contribution < -0.4 is 16.4 Å². The van der Waals surface area contributed by atoms with Crippen LogP contribution in [0.2, 0.25) is 10.0 Å². The minimum absolute atomic E-state index is 0.0248. The number of carbonyl (C=O) groups excluding carboxylic acids is 1. The molecule has 194 valence electrons. The average molecular weight is 531 g/mol. The molecule has 1 heterocycles. The molecule has 1 unspecified atom stereocenters. The summed E-state index contributed by atoms with van der Waals surface area (Å²) in [6.07, 6.45) is 6.27. The van der Waals surface area contributed by atoms with Crippen LogP contribution in [0.4, 0.5) is 5.69 Å². The second-order valence-electron chi connectivity index (χ2n) is 10.6. The van der Waals surface area contributed by atoms with E-state index in [0.717, 1.165) is 55.2 Å². The van der Waals surface area contributed by atoms with E-state index in [1.165, 1.54) is 19.3 Å². The summed E-state index contributed by atoms with van der Waals surface area (Å²) in [7, 11) is 0. The number of hydrogen-bond donors (Lipinski definition) is 3. The lowest BCUT2D eigenvalue weighted by Crippen LogP contribution is -2.59. The smallest absolute Gasteiger partial charge is 0.218 e. The number of benzene rings is 2. The molecule has 36 heavy (non-hydrogen) atoms. The van der Waals surface area contributed by atoms with Crippen LogP contribution in [0, 0.1) is 0 Å². The van der Waals surface area contributed by atoms with Gasteiger partial charge in [0.1, 0.15) is 0 Å². The molecule has 4 N–H and O–H groups in total. The average Bonchev–Trinajstić information content (AvgIpc) is 2.83. The Morgan fingerprint density at radius 2 is 1.89 bits per heavy atom. The van der Waals surface area contributed by atoms with E-state index in [4.69, 9.17) is 33.9 Å². The van der Waals surface area contributed by atoms with E-state index in [-0.39, 0.29) is 23.8 Å². The van der Waals surface area contributed by atoms with Crippen LogP contribution >= 0.6 is 23.2 Å². The summed E-state index contributed by atoms with van der Waals surface area (Å²) in [6.45, 7) is 7.18. The van der Waals surface area contributed by atoms with E-state index in [9.17, 15) is 4.79 Å². The third-order valence-electron chi connectivity index (χ3n) is 7.06. The molecule has 6 nitrogen and oxygen atoms in total. The summed E-state index contributed by atoms with van der Waals surface area (Å²) in [5, 5.41) is 8.29. The fourth-order valence-electron chi connectivity index (χ4n) is 5.22. The van der Waals surface area contributed by atoms with Gasteiger partial charge in [0.15, 0.2) is 5.96 Å². The van der Waals surface area contributed by atoms with Crippen molar-refractivity contribution < 1.29 is 4.79 Å². The fraction of sp³-hybridized carbons (Fsp3) is 0.500. The number of primary amides is 1. The minimum Gasteiger partial charge on any atom is -0.370 e.